The quantitative estimate of drug-likeness (QED) is 0.807. The second-order valence-corrected chi connectivity index (χ2v) is 5.30. The molecule has 0 saturated carbocycles. The number of nitrogens with zero attached hydrogens (tertiary/aromatic N) is 3. The molecule has 6 nitrogen and oxygen atoms in total. The van der Waals surface area contributed by atoms with Gasteiger partial charge in [0.1, 0.15) is 5.75 Å². The van der Waals surface area contributed by atoms with E-state index in [0.29, 0.717) is 31.1 Å². The normalized spacial score (nSPS) is 10.3. The average molecular weight is 328 g/mol. The predicted molar refractivity (Wildman–Crippen MR) is 94.5 cm³/mol. The molecular weight excluding hydrogens is 304 g/mol. The van der Waals surface area contributed by atoms with Crippen LogP contribution in [-0.4, -0.2) is 47.5 Å². The third-order valence-corrected chi connectivity index (χ3v) is 3.78. The molecule has 0 saturated heterocycles. The molecule has 2 aromatic rings. The molecule has 0 unspecified atom stereocenters. The molecule has 2 rings (SSSR count). The Morgan fingerprint density at radius 3 is 2.54 bits per heavy atom. The second kappa shape index (κ2) is 8.86. The maximum absolute atomic E-state index is 12.2. The fourth-order valence-electron chi connectivity index (χ4n) is 2.37. The summed E-state index contributed by atoms with van der Waals surface area (Å²) in [5.74, 6) is 1.33. The van der Waals surface area contributed by atoms with E-state index < -0.39 is 0 Å². The lowest BCUT2D eigenvalue weighted by molar-refractivity contribution is 0.0772. The Kier molecular flexibility index (Phi) is 6.54. The number of ether oxygens (including phenoxy) is 1. The SMILES string of the molecule is CCN(CC)C(=O)c1cnc(NCCc2cccc(OC)c2)nc1. The topological polar surface area (TPSA) is 67.4 Å². The molecule has 1 aromatic carbocycles. The molecule has 0 spiro atoms. The zero-order chi connectivity index (χ0) is 17.4. The van der Waals surface area contributed by atoms with Crippen LogP contribution in [0.25, 0.3) is 0 Å². The summed E-state index contributed by atoms with van der Waals surface area (Å²) in [6, 6.07) is 7.95. The maximum Gasteiger partial charge on any atom is 0.256 e. The lowest BCUT2D eigenvalue weighted by Crippen LogP contribution is -2.30. The molecule has 0 aliphatic rings. The van der Waals surface area contributed by atoms with Gasteiger partial charge in [-0.2, -0.15) is 0 Å². The zero-order valence-corrected chi connectivity index (χ0v) is 14.5. The minimum Gasteiger partial charge on any atom is -0.497 e. The highest BCUT2D eigenvalue weighted by Crippen LogP contribution is 2.13. The Labute approximate surface area is 142 Å². The summed E-state index contributed by atoms with van der Waals surface area (Å²) in [6.45, 7) is 5.97. The van der Waals surface area contributed by atoms with Gasteiger partial charge < -0.3 is 15.0 Å². The van der Waals surface area contributed by atoms with Crippen LogP contribution in [0.5, 0.6) is 5.75 Å². The highest BCUT2D eigenvalue weighted by molar-refractivity contribution is 5.93. The van der Waals surface area contributed by atoms with Crippen molar-refractivity contribution in [2.75, 3.05) is 32.1 Å². The van der Waals surface area contributed by atoms with Crippen molar-refractivity contribution >= 4 is 11.9 Å². The van der Waals surface area contributed by atoms with E-state index in [1.807, 2.05) is 32.0 Å². The number of carbonyl (C=O) groups excluding carboxylic acids is 1. The molecule has 1 heterocycles. The Morgan fingerprint density at radius 2 is 1.92 bits per heavy atom. The molecule has 1 aromatic heterocycles. The second-order valence-electron chi connectivity index (χ2n) is 5.30. The summed E-state index contributed by atoms with van der Waals surface area (Å²) in [6.07, 6.45) is 3.98. The lowest BCUT2D eigenvalue weighted by Gasteiger charge is -2.18. The van der Waals surface area contributed by atoms with Crippen LogP contribution in [0.15, 0.2) is 36.7 Å². The fourth-order valence-corrected chi connectivity index (χ4v) is 2.37. The number of carbonyl (C=O) groups is 1. The first-order valence-corrected chi connectivity index (χ1v) is 8.16. The summed E-state index contributed by atoms with van der Waals surface area (Å²) in [7, 11) is 1.66. The Balaban J connectivity index is 1.88. The van der Waals surface area contributed by atoms with Crippen molar-refractivity contribution in [2.24, 2.45) is 0 Å². The van der Waals surface area contributed by atoms with Gasteiger partial charge in [0.2, 0.25) is 5.95 Å². The van der Waals surface area contributed by atoms with Gasteiger partial charge in [0.25, 0.3) is 5.91 Å². The first-order valence-electron chi connectivity index (χ1n) is 8.16. The number of anilines is 1. The minimum atomic E-state index is -0.0390. The van der Waals surface area contributed by atoms with Gasteiger partial charge >= 0.3 is 0 Å². The van der Waals surface area contributed by atoms with Gasteiger partial charge in [-0.05, 0) is 38.0 Å². The van der Waals surface area contributed by atoms with E-state index in [-0.39, 0.29) is 5.91 Å². The largest absolute Gasteiger partial charge is 0.497 e. The summed E-state index contributed by atoms with van der Waals surface area (Å²) >= 11 is 0. The zero-order valence-electron chi connectivity index (χ0n) is 14.5. The fraction of sp³-hybridized carbons (Fsp3) is 0.389. The minimum absolute atomic E-state index is 0.0390. The number of nitrogens with one attached hydrogen (secondary N) is 1. The van der Waals surface area contributed by atoms with Gasteiger partial charge in [0.05, 0.1) is 12.7 Å². The van der Waals surface area contributed by atoms with Crippen molar-refractivity contribution in [3.05, 3.63) is 47.8 Å². The van der Waals surface area contributed by atoms with E-state index in [1.165, 1.54) is 5.56 Å². The monoisotopic (exact) mass is 328 g/mol. The van der Waals surface area contributed by atoms with Crippen molar-refractivity contribution in [3.63, 3.8) is 0 Å². The first kappa shape index (κ1) is 17.7. The number of aromatic nitrogens is 2. The van der Waals surface area contributed by atoms with Gasteiger partial charge in [-0.25, -0.2) is 9.97 Å². The Morgan fingerprint density at radius 1 is 1.21 bits per heavy atom. The molecule has 0 atom stereocenters. The van der Waals surface area contributed by atoms with Crippen LogP contribution in [-0.2, 0) is 6.42 Å². The number of hydrogen-bond acceptors (Lipinski definition) is 5. The summed E-state index contributed by atoms with van der Waals surface area (Å²) in [4.78, 5) is 22.4. The van der Waals surface area contributed by atoms with Crippen LogP contribution in [0.1, 0.15) is 29.8 Å². The van der Waals surface area contributed by atoms with E-state index in [2.05, 4.69) is 21.4 Å². The first-order chi connectivity index (χ1) is 11.7. The van der Waals surface area contributed by atoms with Crippen LogP contribution >= 0.6 is 0 Å². The van der Waals surface area contributed by atoms with Crippen molar-refractivity contribution in [2.45, 2.75) is 20.3 Å². The molecule has 0 aliphatic carbocycles. The molecule has 0 bridgehead atoms. The van der Waals surface area contributed by atoms with Gasteiger partial charge in [-0.1, -0.05) is 12.1 Å². The van der Waals surface area contributed by atoms with Crippen molar-refractivity contribution in [1.82, 2.24) is 14.9 Å². The molecule has 1 amide bonds. The van der Waals surface area contributed by atoms with Crippen molar-refractivity contribution < 1.29 is 9.53 Å². The molecule has 6 heteroatoms. The van der Waals surface area contributed by atoms with Gasteiger partial charge in [-0.3, -0.25) is 4.79 Å². The standard InChI is InChI=1S/C18H24N4O2/c1-4-22(5-2)17(23)15-12-20-18(21-13-15)19-10-9-14-7-6-8-16(11-14)24-3/h6-8,11-13H,4-5,9-10H2,1-3H3,(H,19,20,21). The molecule has 128 valence electrons. The smallest absolute Gasteiger partial charge is 0.256 e. The van der Waals surface area contributed by atoms with E-state index in [4.69, 9.17) is 4.74 Å². The summed E-state index contributed by atoms with van der Waals surface area (Å²) < 4.78 is 5.21. The highest BCUT2D eigenvalue weighted by Gasteiger charge is 2.13. The summed E-state index contributed by atoms with van der Waals surface area (Å²) in [5.41, 5.74) is 1.69. The van der Waals surface area contributed by atoms with Gasteiger partial charge in [0.15, 0.2) is 0 Å². The van der Waals surface area contributed by atoms with Crippen molar-refractivity contribution in [3.8, 4) is 5.75 Å². The Hall–Kier alpha value is -2.63. The van der Waals surface area contributed by atoms with E-state index in [9.17, 15) is 4.79 Å². The predicted octanol–water partition coefficient (Wildman–Crippen LogP) is 2.62. The van der Waals surface area contributed by atoms with Crippen LogP contribution in [0.2, 0.25) is 0 Å². The third kappa shape index (κ3) is 4.68. The number of rotatable bonds is 8. The third-order valence-electron chi connectivity index (χ3n) is 3.78. The number of benzene rings is 1. The molecular formula is C18H24N4O2. The summed E-state index contributed by atoms with van der Waals surface area (Å²) in [5, 5.41) is 3.17. The van der Waals surface area contributed by atoms with Crippen molar-refractivity contribution in [1.29, 1.82) is 0 Å². The van der Waals surface area contributed by atoms with Gasteiger partial charge in [-0.15, -0.1) is 0 Å². The van der Waals surface area contributed by atoms with Crippen LogP contribution < -0.4 is 10.1 Å². The molecule has 0 aliphatic heterocycles. The van der Waals surface area contributed by atoms with Gasteiger partial charge in [0, 0.05) is 32.0 Å². The maximum atomic E-state index is 12.2. The number of amides is 1. The van der Waals surface area contributed by atoms with E-state index in [0.717, 1.165) is 12.2 Å². The van der Waals surface area contributed by atoms with E-state index in [1.54, 1.807) is 24.4 Å². The molecule has 0 radical (unpaired) electrons. The number of methoxy groups -OCH3 is 1. The lowest BCUT2D eigenvalue weighted by atomic mass is 10.1. The molecule has 0 fully saturated rings. The van der Waals surface area contributed by atoms with Crippen LogP contribution in [0, 0.1) is 0 Å². The molecule has 24 heavy (non-hydrogen) atoms. The number of hydrogen-bond donors (Lipinski definition) is 1. The highest BCUT2D eigenvalue weighted by atomic mass is 16.5. The van der Waals surface area contributed by atoms with Crippen LogP contribution in [0.3, 0.4) is 0 Å². The Bertz CT molecular complexity index is 654. The van der Waals surface area contributed by atoms with E-state index >= 15 is 0 Å². The molecule has 1 N–H and O–H groups in total. The average Bonchev–Trinajstić information content (AvgIpc) is 2.63. The van der Waals surface area contributed by atoms with Crippen LogP contribution in [0.4, 0.5) is 5.95 Å².